The average molecular weight is 331 g/mol. The Morgan fingerprint density at radius 3 is 2.52 bits per heavy atom. The molecule has 0 aliphatic carbocycles. The standard InChI is InChI=1S/C18H13N5O2/c19-10-13-6-4-5-7-14(13)11-22-17(24)20-16-12-21(18(25)23(16)22)15-8-2-1-3-9-15/h1-9H,11-12H2. The van der Waals surface area contributed by atoms with E-state index in [1.54, 1.807) is 29.2 Å². The average Bonchev–Trinajstić information content (AvgIpc) is 3.12. The Kier molecular flexibility index (Phi) is 3.43. The zero-order chi connectivity index (χ0) is 17.4. The van der Waals surface area contributed by atoms with E-state index >= 15 is 0 Å². The molecule has 0 saturated carbocycles. The maximum Gasteiger partial charge on any atom is 0.364 e. The molecule has 122 valence electrons. The predicted octanol–water partition coefficient (Wildman–Crippen LogP) is 1.95. The van der Waals surface area contributed by atoms with Crippen LogP contribution in [0.1, 0.15) is 17.0 Å². The number of aromatic nitrogens is 3. The Balaban J connectivity index is 1.74. The van der Waals surface area contributed by atoms with E-state index in [0.717, 1.165) is 5.69 Å². The van der Waals surface area contributed by atoms with Crippen molar-refractivity contribution < 1.29 is 4.79 Å². The maximum atomic E-state index is 12.8. The molecule has 7 heteroatoms. The molecular formula is C18H13N5O2. The lowest BCUT2D eigenvalue weighted by molar-refractivity contribution is 0.244. The molecule has 0 atom stereocenters. The first-order valence-electron chi connectivity index (χ1n) is 7.72. The van der Waals surface area contributed by atoms with E-state index in [1.807, 2.05) is 30.3 Å². The Labute approximate surface area is 143 Å². The Hall–Kier alpha value is -3.66. The number of hydrogen-bond donors (Lipinski definition) is 0. The normalized spacial score (nSPS) is 12.9. The molecule has 0 spiro atoms. The summed E-state index contributed by atoms with van der Waals surface area (Å²) in [5.41, 5.74) is 1.38. The largest absolute Gasteiger partial charge is 0.364 e. The van der Waals surface area contributed by atoms with E-state index in [-0.39, 0.29) is 19.1 Å². The van der Waals surface area contributed by atoms with Gasteiger partial charge in [-0.05, 0) is 23.8 Å². The minimum absolute atomic E-state index is 0.115. The van der Waals surface area contributed by atoms with Crippen LogP contribution in [0.3, 0.4) is 0 Å². The van der Waals surface area contributed by atoms with Gasteiger partial charge < -0.3 is 0 Å². The number of hydrogen-bond acceptors (Lipinski definition) is 4. The molecule has 0 unspecified atom stereocenters. The first-order valence-corrected chi connectivity index (χ1v) is 7.72. The molecule has 7 nitrogen and oxygen atoms in total. The number of benzene rings is 2. The van der Waals surface area contributed by atoms with Gasteiger partial charge in [0, 0.05) is 5.69 Å². The lowest BCUT2D eigenvalue weighted by Gasteiger charge is -2.15. The van der Waals surface area contributed by atoms with Crippen LogP contribution in [0.4, 0.5) is 10.5 Å². The molecule has 0 radical (unpaired) electrons. The van der Waals surface area contributed by atoms with Crippen LogP contribution in [0.25, 0.3) is 0 Å². The van der Waals surface area contributed by atoms with E-state index in [0.29, 0.717) is 17.0 Å². The molecule has 25 heavy (non-hydrogen) atoms. The van der Waals surface area contributed by atoms with Gasteiger partial charge in [0.2, 0.25) is 0 Å². The van der Waals surface area contributed by atoms with Crippen molar-refractivity contribution in [2.24, 2.45) is 0 Å². The van der Waals surface area contributed by atoms with E-state index in [9.17, 15) is 14.9 Å². The molecule has 2 heterocycles. The summed E-state index contributed by atoms with van der Waals surface area (Å²) in [5, 5.41) is 9.22. The van der Waals surface area contributed by atoms with Crippen molar-refractivity contribution in [1.29, 1.82) is 5.26 Å². The number of rotatable bonds is 3. The minimum atomic E-state index is -0.496. The van der Waals surface area contributed by atoms with E-state index in [1.165, 1.54) is 9.36 Å². The fraction of sp³-hybridized carbons (Fsp3) is 0.111. The third-order valence-corrected chi connectivity index (χ3v) is 4.17. The highest BCUT2D eigenvalue weighted by Crippen LogP contribution is 2.22. The Morgan fingerprint density at radius 2 is 1.76 bits per heavy atom. The second-order valence-corrected chi connectivity index (χ2v) is 5.65. The van der Waals surface area contributed by atoms with Crippen molar-refractivity contribution in [3.63, 3.8) is 0 Å². The van der Waals surface area contributed by atoms with Gasteiger partial charge in [0.1, 0.15) is 0 Å². The molecule has 1 amide bonds. The second kappa shape index (κ2) is 5.76. The van der Waals surface area contributed by atoms with Gasteiger partial charge in [-0.3, -0.25) is 4.90 Å². The molecule has 0 bridgehead atoms. The van der Waals surface area contributed by atoms with Crippen LogP contribution in [0.5, 0.6) is 0 Å². The summed E-state index contributed by atoms with van der Waals surface area (Å²) >= 11 is 0. The quantitative estimate of drug-likeness (QED) is 0.734. The topological polar surface area (TPSA) is 83.9 Å². The zero-order valence-electron chi connectivity index (χ0n) is 13.2. The fourth-order valence-electron chi connectivity index (χ4n) is 2.96. The Morgan fingerprint density at radius 1 is 1.04 bits per heavy atom. The summed E-state index contributed by atoms with van der Waals surface area (Å²) in [5.74, 6) is 0.397. The number of para-hydroxylation sites is 1. The van der Waals surface area contributed by atoms with Crippen molar-refractivity contribution >= 4 is 11.7 Å². The van der Waals surface area contributed by atoms with Gasteiger partial charge in [-0.2, -0.15) is 14.9 Å². The van der Waals surface area contributed by atoms with Gasteiger partial charge in [0.05, 0.1) is 24.7 Å². The highest BCUT2D eigenvalue weighted by atomic mass is 16.2. The highest BCUT2D eigenvalue weighted by molar-refractivity contribution is 5.95. The number of fused-ring (bicyclic) bond motifs is 1. The summed E-state index contributed by atoms with van der Waals surface area (Å²) in [6, 6.07) is 18.0. The lowest BCUT2D eigenvalue weighted by Crippen LogP contribution is -2.34. The van der Waals surface area contributed by atoms with Crippen LogP contribution in [-0.2, 0) is 13.1 Å². The van der Waals surface area contributed by atoms with Crippen LogP contribution < -0.4 is 10.6 Å². The Bertz CT molecular complexity index is 1060. The summed E-state index contributed by atoms with van der Waals surface area (Å²) in [6.45, 7) is 0.356. The van der Waals surface area contributed by atoms with Crippen LogP contribution in [0.15, 0.2) is 59.4 Å². The van der Waals surface area contributed by atoms with Crippen LogP contribution in [-0.4, -0.2) is 20.4 Å². The van der Waals surface area contributed by atoms with Crippen LogP contribution in [0.2, 0.25) is 0 Å². The van der Waals surface area contributed by atoms with Crippen LogP contribution in [0, 0.1) is 11.3 Å². The van der Waals surface area contributed by atoms with Crippen molar-refractivity contribution in [2.75, 3.05) is 4.90 Å². The molecular weight excluding hydrogens is 318 g/mol. The number of anilines is 1. The second-order valence-electron chi connectivity index (χ2n) is 5.65. The van der Waals surface area contributed by atoms with Gasteiger partial charge in [-0.1, -0.05) is 36.4 Å². The number of nitriles is 1. The van der Waals surface area contributed by atoms with Gasteiger partial charge >= 0.3 is 11.7 Å². The summed E-state index contributed by atoms with van der Waals surface area (Å²) in [7, 11) is 0. The zero-order valence-corrected chi connectivity index (χ0v) is 13.2. The SMILES string of the molecule is N#Cc1ccccc1Cn1c(=O)nc2n1C(=O)N(c1ccccc1)C2. The van der Waals surface area contributed by atoms with Gasteiger partial charge in [-0.15, -0.1) is 0 Å². The number of carbonyl (C=O) groups excluding carboxylic acids is 1. The fourth-order valence-corrected chi connectivity index (χ4v) is 2.96. The minimum Gasteiger partial charge on any atom is -0.285 e. The summed E-state index contributed by atoms with van der Waals surface area (Å²) < 4.78 is 2.57. The molecule has 1 aliphatic rings. The number of amides is 1. The maximum absolute atomic E-state index is 12.8. The summed E-state index contributed by atoms with van der Waals surface area (Å²) in [6.07, 6.45) is 0. The van der Waals surface area contributed by atoms with Crippen molar-refractivity contribution in [1.82, 2.24) is 14.3 Å². The first-order chi connectivity index (χ1) is 12.2. The van der Waals surface area contributed by atoms with Gasteiger partial charge in [0.25, 0.3) is 0 Å². The van der Waals surface area contributed by atoms with Crippen molar-refractivity contribution in [2.45, 2.75) is 13.1 Å². The van der Waals surface area contributed by atoms with E-state index in [2.05, 4.69) is 11.1 Å². The molecule has 0 saturated heterocycles. The molecule has 4 rings (SSSR count). The first kappa shape index (κ1) is 14.9. The molecule has 2 aromatic carbocycles. The van der Waals surface area contributed by atoms with Crippen LogP contribution >= 0.6 is 0 Å². The third kappa shape index (κ3) is 2.40. The summed E-state index contributed by atoms with van der Waals surface area (Å²) in [4.78, 5) is 30.6. The highest BCUT2D eigenvalue weighted by Gasteiger charge is 2.33. The van der Waals surface area contributed by atoms with Crippen molar-refractivity contribution in [3.05, 3.63) is 82.0 Å². The van der Waals surface area contributed by atoms with E-state index < -0.39 is 5.69 Å². The monoisotopic (exact) mass is 331 g/mol. The van der Waals surface area contributed by atoms with Gasteiger partial charge in [0.15, 0.2) is 5.82 Å². The predicted molar refractivity (Wildman–Crippen MR) is 90.2 cm³/mol. The number of carbonyl (C=O) groups is 1. The molecule has 3 aromatic rings. The van der Waals surface area contributed by atoms with E-state index in [4.69, 9.17) is 0 Å². The third-order valence-electron chi connectivity index (χ3n) is 4.17. The molecule has 1 aromatic heterocycles. The number of nitrogens with zero attached hydrogens (tertiary/aromatic N) is 5. The molecule has 0 fully saturated rings. The lowest BCUT2D eigenvalue weighted by atomic mass is 10.1. The molecule has 0 N–H and O–H groups in total. The van der Waals surface area contributed by atoms with Crippen molar-refractivity contribution in [3.8, 4) is 6.07 Å². The van der Waals surface area contributed by atoms with Gasteiger partial charge in [-0.25, -0.2) is 14.3 Å². The smallest absolute Gasteiger partial charge is 0.285 e. The molecule has 1 aliphatic heterocycles.